The molecule has 1 saturated heterocycles. The van der Waals surface area contributed by atoms with Crippen LogP contribution in [-0.4, -0.2) is 38.7 Å². The molecule has 2 aromatic carbocycles. The molecule has 1 heterocycles. The molecule has 3 rings (SSSR count). The number of piperidine rings is 1. The number of sulfonamides is 1. The average Bonchev–Trinajstić information content (AvgIpc) is 2.68. The molecular weight excluding hydrogens is 350 g/mol. The highest BCUT2D eigenvalue weighted by atomic mass is 32.2. The first kappa shape index (κ1) is 18.6. The summed E-state index contributed by atoms with van der Waals surface area (Å²) in [5.41, 5.74) is 1.48. The summed E-state index contributed by atoms with van der Waals surface area (Å²) in [6.07, 6.45) is 1.36. The molecule has 0 N–H and O–H groups in total. The molecule has 0 amide bonds. The number of benzene rings is 2. The van der Waals surface area contributed by atoms with Gasteiger partial charge in [0.2, 0.25) is 10.0 Å². The number of methoxy groups -OCH3 is 1. The fourth-order valence-corrected chi connectivity index (χ4v) is 5.10. The second-order valence-corrected chi connectivity index (χ2v) is 8.49. The molecule has 5 nitrogen and oxygen atoms in total. The molecule has 0 spiro atoms. The minimum absolute atomic E-state index is 0.00158. The average molecular weight is 373 g/mol. The zero-order valence-electron chi connectivity index (χ0n) is 15.0. The lowest BCUT2D eigenvalue weighted by atomic mass is 9.91. The Hall–Kier alpha value is -2.18. The van der Waals surface area contributed by atoms with Crippen molar-refractivity contribution in [3.05, 3.63) is 59.7 Å². The molecule has 0 radical (unpaired) electrons. The number of hydrogen-bond donors (Lipinski definition) is 0. The fraction of sp³-hybridized carbons (Fsp3) is 0.350. The monoisotopic (exact) mass is 373 g/mol. The minimum Gasteiger partial charge on any atom is -0.495 e. The Labute approximate surface area is 154 Å². The molecule has 1 atom stereocenters. The summed E-state index contributed by atoms with van der Waals surface area (Å²) in [6, 6.07) is 14.2. The van der Waals surface area contributed by atoms with Crippen LogP contribution in [0.15, 0.2) is 53.4 Å². The van der Waals surface area contributed by atoms with E-state index in [2.05, 4.69) is 0 Å². The highest BCUT2D eigenvalue weighted by Crippen LogP contribution is 2.31. The van der Waals surface area contributed by atoms with E-state index in [0.29, 0.717) is 30.7 Å². The Bertz CT molecular complexity index is 893. The maximum atomic E-state index is 13.2. The van der Waals surface area contributed by atoms with Crippen LogP contribution in [0.25, 0.3) is 0 Å². The molecular formula is C20H23NO4S. The summed E-state index contributed by atoms with van der Waals surface area (Å²) in [7, 11) is -2.26. The van der Waals surface area contributed by atoms with Gasteiger partial charge in [-0.3, -0.25) is 4.79 Å². The van der Waals surface area contributed by atoms with E-state index in [4.69, 9.17) is 4.74 Å². The Morgan fingerprint density at radius 2 is 1.88 bits per heavy atom. The number of ketones is 1. The third-order valence-corrected chi connectivity index (χ3v) is 6.64. The largest absolute Gasteiger partial charge is 0.495 e. The van der Waals surface area contributed by atoms with Gasteiger partial charge in [-0.15, -0.1) is 0 Å². The number of carbonyl (C=O) groups is 1. The van der Waals surface area contributed by atoms with Crippen molar-refractivity contribution in [3.8, 4) is 5.75 Å². The summed E-state index contributed by atoms with van der Waals surface area (Å²) in [4.78, 5) is 12.9. The quantitative estimate of drug-likeness (QED) is 0.755. The number of carbonyl (C=O) groups excluding carboxylic acids is 1. The first-order valence-corrected chi connectivity index (χ1v) is 10.1. The van der Waals surface area contributed by atoms with E-state index < -0.39 is 10.0 Å². The number of rotatable bonds is 5. The van der Waals surface area contributed by atoms with Gasteiger partial charge < -0.3 is 4.74 Å². The summed E-state index contributed by atoms with van der Waals surface area (Å²) >= 11 is 0. The molecule has 1 fully saturated rings. The third-order valence-electron chi connectivity index (χ3n) is 4.75. The van der Waals surface area contributed by atoms with Crippen LogP contribution in [0.1, 0.15) is 28.8 Å². The maximum Gasteiger partial charge on any atom is 0.246 e. The van der Waals surface area contributed by atoms with Crippen LogP contribution < -0.4 is 4.74 Å². The Morgan fingerprint density at radius 3 is 2.58 bits per heavy atom. The SMILES string of the molecule is COc1ccc(C)cc1S(=O)(=O)N1CCCC(C(=O)c2ccccc2)C1. The van der Waals surface area contributed by atoms with Crippen molar-refractivity contribution in [2.45, 2.75) is 24.7 Å². The van der Waals surface area contributed by atoms with Crippen molar-refractivity contribution in [1.82, 2.24) is 4.31 Å². The molecule has 1 unspecified atom stereocenters. The molecule has 1 aliphatic rings. The van der Waals surface area contributed by atoms with E-state index in [9.17, 15) is 13.2 Å². The van der Waals surface area contributed by atoms with Crippen molar-refractivity contribution < 1.29 is 17.9 Å². The molecule has 138 valence electrons. The Morgan fingerprint density at radius 1 is 1.15 bits per heavy atom. The fourth-order valence-electron chi connectivity index (χ4n) is 3.34. The molecule has 26 heavy (non-hydrogen) atoms. The van der Waals surface area contributed by atoms with Crippen LogP contribution >= 0.6 is 0 Å². The van der Waals surface area contributed by atoms with Crippen LogP contribution in [0.4, 0.5) is 0 Å². The van der Waals surface area contributed by atoms with E-state index >= 15 is 0 Å². The first-order chi connectivity index (χ1) is 12.4. The van der Waals surface area contributed by atoms with Gasteiger partial charge in [-0.05, 0) is 37.5 Å². The zero-order valence-corrected chi connectivity index (χ0v) is 15.8. The van der Waals surface area contributed by atoms with E-state index in [1.165, 1.54) is 11.4 Å². The third kappa shape index (κ3) is 3.66. The van der Waals surface area contributed by atoms with Crippen LogP contribution in [0.3, 0.4) is 0 Å². The van der Waals surface area contributed by atoms with Gasteiger partial charge in [-0.2, -0.15) is 4.31 Å². The maximum absolute atomic E-state index is 13.2. The van der Waals surface area contributed by atoms with Crippen LogP contribution in [-0.2, 0) is 10.0 Å². The van der Waals surface area contributed by atoms with Crippen molar-refractivity contribution in [1.29, 1.82) is 0 Å². The first-order valence-electron chi connectivity index (χ1n) is 8.67. The van der Waals surface area contributed by atoms with Crippen molar-refractivity contribution >= 4 is 15.8 Å². The van der Waals surface area contributed by atoms with E-state index in [0.717, 1.165) is 5.56 Å². The van der Waals surface area contributed by atoms with E-state index in [1.54, 1.807) is 24.3 Å². The van der Waals surface area contributed by atoms with Crippen LogP contribution in [0, 0.1) is 12.8 Å². The van der Waals surface area contributed by atoms with Gasteiger partial charge in [0.1, 0.15) is 10.6 Å². The van der Waals surface area contributed by atoms with Gasteiger partial charge in [0, 0.05) is 24.6 Å². The van der Waals surface area contributed by atoms with Gasteiger partial charge in [0.25, 0.3) is 0 Å². The standard InChI is InChI=1S/C20H23NO4S/c1-15-10-11-18(25-2)19(13-15)26(23,24)21-12-6-9-17(14-21)20(22)16-7-4-3-5-8-16/h3-5,7-8,10-11,13,17H,6,9,12,14H2,1-2H3. The van der Waals surface area contributed by atoms with Crippen molar-refractivity contribution in [2.75, 3.05) is 20.2 Å². The highest BCUT2D eigenvalue weighted by molar-refractivity contribution is 7.89. The smallest absolute Gasteiger partial charge is 0.246 e. The number of hydrogen-bond acceptors (Lipinski definition) is 4. The van der Waals surface area contributed by atoms with Gasteiger partial charge in [0.15, 0.2) is 5.78 Å². The molecule has 0 aromatic heterocycles. The predicted molar refractivity (Wildman–Crippen MR) is 100.0 cm³/mol. The molecule has 0 saturated carbocycles. The number of ether oxygens (including phenoxy) is 1. The zero-order chi connectivity index (χ0) is 18.7. The Kier molecular flexibility index (Phi) is 5.44. The van der Waals surface area contributed by atoms with Gasteiger partial charge in [-0.25, -0.2) is 8.42 Å². The summed E-state index contributed by atoms with van der Waals surface area (Å²) < 4.78 is 33.0. The van der Waals surface area contributed by atoms with Crippen LogP contribution in [0.5, 0.6) is 5.75 Å². The molecule has 2 aromatic rings. The Balaban J connectivity index is 1.87. The minimum atomic E-state index is -3.72. The van der Waals surface area contributed by atoms with E-state index in [-0.39, 0.29) is 23.1 Å². The molecule has 1 aliphatic heterocycles. The van der Waals surface area contributed by atoms with Gasteiger partial charge in [-0.1, -0.05) is 36.4 Å². The number of nitrogens with zero attached hydrogens (tertiary/aromatic N) is 1. The lowest BCUT2D eigenvalue weighted by Crippen LogP contribution is -2.42. The van der Waals surface area contributed by atoms with Gasteiger partial charge >= 0.3 is 0 Å². The normalized spacial score (nSPS) is 18.5. The molecule has 0 bridgehead atoms. The topological polar surface area (TPSA) is 63.7 Å². The predicted octanol–water partition coefficient (Wildman–Crippen LogP) is 3.29. The van der Waals surface area contributed by atoms with Crippen molar-refractivity contribution in [3.63, 3.8) is 0 Å². The van der Waals surface area contributed by atoms with Crippen LogP contribution in [0.2, 0.25) is 0 Å². The molecule has 0 aliphatic carbocycles. The van der Waals surface area contributed by atoms with Crippen molar-refractivity contribution in [2.24, 2.45) is 5.92 Å². The number of Topliss-reactive ketones (excluding diaryl/α,β-unsaturated/α-hetero) is 1. The lowest BCUT2D eigenvalue weighted by molar-refractivity contribution is 0.0872. The number of aryl methyl sites for hydroxylation is 1. The van der Waals surface area contributed by atoms with Gasteiger partial charge in [0.05, 0.1) is 7.11 Å². The highest BCUT2D eigenvalue weighted by Gasteiger charge is 2.35. The van der Waals surface area contributed by atoms with E-state index in [1.807, 2.05) is 31.2 Å². The lowest BCUT2D eigenvalue weighted by Gasteiger charge is -2.31. The second-order valence-electron chi connectivity index (χ2n) is 6.59. The summed E-state index contributed by atoms with van der Waals surface area (Å²) in [6.45, 7) is 2.46. The summed E-state index contributed by atoms with van der Waals surface area (Å²) in [5, 5.41) is 0. The second kappa shape index (κ2) is 7.60. The molecule has 6 heteroatoms. The summed E-state index contributed by atoms with van der Waals surface area (Å²) in [5.74, 6) is 0.00513.